The highest BCUT2D eigenvalue weighted by molar-refractivity contribution is 7.13. The Labute approximate surface area is 177 Å². The minimum Gasteiger partial charge on any atom is -0.489 e. The van der Waals surface area contributed by atoms with Gasteiger partial charge in [-0.3, -0.25) is 9.88 Å². The van der Waals surface area contributed by atoms with Crippen molar-refractivity contribution in [2.45, 2.75) is 26.4 Å². The van der Waals surface area contributed by atoms with E-state index in [2.05, 4.69) is 52.2 Å². The number of anilines is 1. The number of piperazine rings is 1. The van der Waals surface area contributed by atoms with E-state index >= 15 is 0 Å². The summed E-state index contributed by atoms with van der Waals surface area (Å²) in [7, 11) is 0. The zero-order valence-corrected chi connectivity index (χ0v) is 17.9. The van der Waals surface area contributed by atoms with Gasteiger partial charge in [0.05, 0.1) is 17.5 Å². The summed E-state index contributed by atoms with van der Waals surface area (Å²) in [5.74, 6) is 0.988. The Hall–Kier alpha value is -2.44. The highest BCUT2D eigenvalue weighted by Crippen LogP contribution is 2.30. The van der Waals surface area contributed by atoms with E-state index in [-0.39, 0.29) is 6.10 Å². The molecule has 152 valence electrons. The summed E-state index contributed by atoms with van der Waals surface area (Å²) < 4.78 is 6.00. The van der Waals surface area contributed by atoms with E-state index in [4.69, 9.17) is 9.72 Å². The van der Waals surface area contributed by atoms with E-state index in [0.717, 1.165) is 55.5 Å². The number of pyridine rings is 1. The van der Waals surface area contributed by atoms with Crippen LogP contribution in [0.5, 0.6) is 5.75 Å². The van der Waals surface area contributed by atoms with Gasteiger partial charge < -0.3 is 9.64 Å². The number of nitrogens with zero attached hydrogens (tertiary/aromatic N) is 4. The van der Waals surface area contributed by atoms with Crippen molar-refractivity contribution in [1.29, 1.82) is 0 Å². The number of rotatable bonds is 7. The summed E-state index contributed by atoms with van der Waals surface area (Å²) in [6.45, 7) is 9.39. The van der Waals surface area contributed by atoms with E-state index < -0.39 is 0 Å². The molecule has 4 rings (SSSR count). The SMILES string of the molecule is CC(C)Oc1ccccc1N1CCN(CCc2csc(-c3ccncc3)n2)CC1. The van der Waals surface area contributed by atoms with Gasteiger partial charge in [-0.25, -0.2) is 4.98 Å². The van der Waals surface area contributed by atoms with E-state index in [9.17, 15) is 0 Å². The third-order valence-corrected chi connectivity index (χ3v) is 6.04. The summed E-state index contributed by atoms with van der Waals surface area (Å²) in [6.07, 6.45) is 4.82. The van der Waals surface area contributed by atoms with Crippen LogP contribution in [0.15, 0.2) is 54.2 Å². The predicted molar refractivity (Wildman–Crippen MR) is 120 cm³/mol. The predicted octanol–water partition coefficient (Wildman–Crippen LogP) is 4.36. The highest BCUT2D eigenvalue weighted by atomic mass is 32.1. The fourth-order valence-corrected chi connectivity index (χ4v) is 4.47. The second-order valence-corrected chi connectivity index (χ2v) is 8.45. The van der Waals surface area contributed by atoms with Crippen molar-refractivity contribution in [2.24, 2.45) is 0 Å². The summed E-state index contributed by atoms with van der Waals surface area (Å²) >= 11 is 1.71. The van der Waals surface area contributed by atoms with Gasteiger partial charge in [0.2, 0.25) is 0 Å². The maximum atomic E-state index is 6.00. The van der Waals surface area contributed by atoms with Crippen LogP contribution in [0.4, 0.5) is 5.69 Å². The topological polar surface area (TPSA) is 41.5 Å². The van der Waals surface area contributed by atoms with Gasteiger partial charge in [0.1, 0.15) is 10.8 Å². The number of hydrogen-bond donors (Lipinski definition) is 0. The van der Waals surface area contributed by atoms with Gasteiger partial charge in [0, 0.05) is 62.5 Å². The van der Waals surface area contributed by atoms with Gasteiger partial charge in [-0.1, -0.05) is 12.1 Å². The van der Waals surface area contributed by atoms with E-state index in [1.165, 1.54) is 11.4 Å². The zero-order valence-electron chi connectivity index (χ0n) is 17.1. The van der Waals surface area contributed by atoms with Crippen LogP contribution in [-0.4, -0.2) is 53.7 Å². The van der Waals surface area contributed by atoms with Crippen LogP contribution in [0.3, 0.4) is 0 Å². The lowest BCUT2D eigenvalue weighted by Crippen LogP contribution is -2.47. The van der Waals surface area contributed by atoms with Crippen molar-refractivity contribution in [3.63, 3.8) is 0 Å². The van der Waals surface area contributed by atoms with Crippen molar-refractivity contribution < 1.29 is 4.74 Å². The molecule has 1 fully saturated rings. The average Bonchev–Trinajstić information content (AvgIpc) is 3.23. The quantitative estimate of drug-likeness (QED) is 0.581. The Morgan fingerprint density at radius 2 is 1.79 bits per heavy atom. The van der Waals surface area contributed by atoms with Crippen LogP contribution in [0.1, 0.15) is 19.5 Å². The van der Waals surface area contributed by atoms with Crippen molar-refractivity contribution >= 4 is 17.0 Å². The number of ether oxygens (including phenoxy) is 1. The summed E-state index contributed by atoms with van der Waals surface area (Å²) in [5, 5.41) is 3.26. The Kier molecular flexibility index (Phi) is 6.42. The molecule has 0 aliphatic carbocycles. The fraction of sp³-hybridized carbons (Fsp3) is 0.391. The van der Waals surface area contributed by atoms with Crippen LogP contribution in [0.25, 0.3) is 10.6 Å². The van der Waals surface area contributed by atoms with Gasteiger partial charge in [0.15, 0.2) is 0 Å². The number of para-hydroxylation sites is 2. The normalized spacial score (nSPS) is 15.1. The molecule has 5 nitrogen and oxygen atoms in total. The Morgan fingerprint density at radius 1 is 1.03 bits per heavy atom. The lowest BCUT2D eigenvalue weighted by atomic mass is 10.2. The van der Waals surface area contributed by atoms with Crippen LogP contribution in [0.2, 0.25) is 0 Å². The van der Waals surface area contributed by atoms with Crippen molar-refractivity contribution in [1.82, 2.24) is 14.9 Å². The first-order chi connectivity index (χ1) is 14.2. The molecule has 0 radical (unpaired) electrons. The first-order valence-electron chi connectivity index (χ1n) is 10.3. The lowest BCUT2D eigenvalue weighted by Gasteiger charge is -2.36. The minimum atomic E-state index is 0.188. The molecule has 0 amide bonds. The van der Waals surface area contributed by atoms with Crippen LogP contribution in [0, 0.1) is 0 Å². The first kappa shape index (κ1) is 19.9. The summed E-state index contributed by atoms with van der Waals surface area (Å²) in [5.41, 5.74) is 3.54. The number of benzene rings is 1. The highest BCUT2D eigenvalue weighted by Gasteiger charge is 2.20. The second kappa shape index (κ2) is 9.37. The second-order valence-electron chi connectivity index (χ2n) is 7.59. The number of aromatic nitrogens is 2. The Bertz CT molecular complexity index is 904. The molecule has 6 heteroatoms. The van der Waals surface area contributed by atoms with Crippen molar-refractivity contribution in [2.75, 3.05) is 37.6 Å². The Balaban J connectivity index is 1.29. The standard InChI is InChI=1S/C23H28N4OS/c1-18(2)28-22-6-4-3-5-21(22)27-15-13-26(14-16-27)12-9-20-17-29-23(25-20)19-7-10-24-11-8-19/h3-8,10-11,17-18H,9,12-16H2,1-2H3. The molecular weight excluding hydrogens is 380 g/mol. The lowest BCUT2D eigenvalue weighted by molar-refractivity contribution is 0.238. The number of thiazole rings is 1. The average molecular weight is 409 g/mol. The van der Waals surface area contributed by atoms with E-state index in [0.29, 0.717) is 0 Å². The molecule has 0 bridgehead atoms. The van der Waals surface area contributed by atoms with Gasteiger partial charge >= 0.3 is 0 Å². The molecule has 0 unspecified atom stereocenters. The third kappa shape index (κ3) is 5.14. The van der Waals surface area contributed by atoms with Gasteiger partial charge in [-0.15, -0.1) is 11.3 Å². The fourth-order valence-electron chi connectivity index (χ4n) is 3.61. The van der Waals surface area contributed by atoms with Crippen LogP contribution >= 0.6 is 11.3 Å². The molecule has 3 aromatic rings. The molecular formula is C23H28N4OS. The third-order valence-electron chi connectivity index (χ3n) is 5.10. The van der Waals surface area contributed by atoms with E-state index in [1.807, 2.05) is 30.6 Å². The van der Waals surface area contributed by atoms with Crippen molar-refractivity contribution in [3.8, 4) is 16.3 Å². The molecule has 29 heavy (non-hydrogen) atoms. The molecule has 1 aliphatic heterocycles. The first-order valence-corrected chi connectivity index (χ1v) is 11.1. The summed E-state index contributed by atoms with van der Waals surface area (Å²) in [6, 6.07) is 12.4. The van der Waals surface area contributed by atoms with Gasteiger partial charge in [-0.2, -0.15) is 0 Å². The monoisotopic (exact) mass is 408 g/mol. The summed E-state index contributed by atoms with van der Waals surface area (Å²) in [4.78, 5) is 13.9. The molecule has 2 aromatic heterocycles. The molecule has 0 atom stereocenters. The largest absolute Gasteiger partial charge is 0.489 e. The smallest absolute Gasteiger partial charge is 0.142 e. The molecule has 1 aromatic carbocycles. The number of hydrogen-bond acceptors (Lipinski definition) is 6. The van der Waals surface area contributed by atoms with Crippen LogP contribution in [-0.2, 0) is 6.42 Å². The molecule has 1 saturated heterocycles. The van der Waals surface area contributed by atoms with Crippen molar-refractivity contribution in [3.05, 3.63) is 59.9 Å². The molecule has 0 saturated carbocycles. The minimum absolute atomic E-state index is 0.188. The van der Waals surface area contributed by atoms with Gasteiger partial charge in [-0.05, 0) is 38.1 Å². The molecule has 0 N–H and O–H groups in total. The maximum Gasteiger partial charge on any atom is 0.142 e. The van der Waals surface area contributed by atoms with Crippen LogP contribution < -0.4 is 9.64 Å². The molecule has 0 spiro atoms. The molecule has 1 aliphatic rings. The van der Waals surface area contributed by atoms with Gasteiger partial charge in [0.25, 0.3) is 0 Å². The maximum absolute atomic E-state index is 6.00. The molecule has 3 heterocycles. The Morgan fingerprint density at radius 3 is 2.55 bits per heavy atom. The zero-order chi connectivity index (χ0) is 20.1. The van der Waals surface area contributed by atoms with E-state index in [1.54, 1.807) is 11.3 Å².